The molecule has 7 nitrogen and oxygen atoms in total. The van der Waals surface area contributed by atoms with Crippen LogP contribution in [-0.2, 0) is 24.3 Å². The third kappa shape index (κ3) is 5.50. The number of carbonyl (C=O) groups is 1. The van der Waals surface area contributed by atoms with Gasteiger partial charge in [-0.25, -0.2) is 8.42 Å². The number of halogens is 1. The zero-order valence-corrected chi connectivity index (χ0v) is 19.0. The Bertz CT molecular complexity index is 1070. The van der Waals surface area contributed by atoms with E-state index in [2.05, 4.69) is 4.72 Å². The summed E-state index contributed by atoms with van der Waals surface area (Å²) in [7, 11) is -3.77. The maximum absolute atomic E-state index is 12.6. The number of rotatable bonds is 6. The molecule has 2 aromatic rings. The van der Waals surface area contributed by atoms with E-state index >= 15 is 0 Å². The van der Waals surface area contributed by atoms with Crippen LogP contribution in [-0.4, -0.2) is 51.8 Å². The summed E-state index contributed by atoms with van der Waals surface area (Å²) >= 11 is 6.03. The van der Waals surface area contributed by atoms with Crippen molar-refractivity contribution in [3.05, 3.63) is 65.2 Å². The quantitative estimate of drug-likeness (QED) is 0.641. The average molecular weight is 477 g/mol. The van der Waals surface area contributed by atoms with Crippen LogP contribution >= 0.6 is 11.6 Å². The van der Waals surface area contributed by atoms with Gasteiger partial charge in [0.15, 0.2) is 6.29 Å². The lowest BCUT2D eigenvalue weighted by Crippen LogP contribution is -2.40. The van der Waals surface area contributed by atoms with Crippen molar-refractivity contribution in [2.45, 2.75) is 24.0 Å². The molecule has 32 heavy (non-hydrogen) atoms. The zero-order valence-electron chi connectivity index (χ0n) is 17.4. The maximum atomic E-state index is 12.6. The van der Waals surface area contributed by atoms with Crippen LogP contribution in [0.5, 0.6) is 0 Å². The maximum Gasteiger partial charge on any atom is 0.261 e. The number of para-hydroxylation sites is 1. The largest absolute Gasteiger partial charge is 0.350 e. The Morgan fingerprint density at radius 1 is 1.03 bits per heavy atom. The van der Waals surface area contributed by atoms with Gasteiger partial charge >= 0.3 is 0 Å². The normalized spacial score (nSPS) is 18.3. The van der Waals surface area contributed by atoms with Crippen molar-refractivity contribution >= 4 is 39.3 Å². The molecule has 0 aliphatic carbocycles. The molecule has 2 aliphatic heterocycles. The summed E-state index contributed by atoms with van der Waals surface area (Å²) in [6, 6.07) is 12.9. The van der Waals surface area contributed by atoms with Crippen LogP contribution in [0.3, 0.4) is 0 Å². The molecule has 0 unspecified atom stereocenters. The van der Waals surface area contributed by atoms with Crippen LogP contribution in [0.1, 0.15) is 18.4 Å². The number of sulfonamides is 1. The van der Waals surface area contributed by atoms with Gasteiger partial charge in [0.2, 0.25) is 5.91 Å². The summed E-state index contributed by atoms with van der Waals surface area (Å²) in [5.41, 5.74) is 1.05. The molecule has 0 saturated carbocycles. The molecule has 1 amide bonds. The summed E-state index contributed by atoms with van der Waals surface area (Å²) in [5, 5.41) is 0.321. The third-order valence-corrected chi connectivity index (χ3v) is 7.32. The van der Waals surface area contributed by atoms with E-state index in [1.165, 1.54) is 18.2 Å². The first-order chi connectivity index (χ1) is 15.4. The van der Waals surface area contributed by atoms with Crippen molar-refractivity contribution in [3.8, 4) is 0 Å². The van der Waals surface area contributed by atoms with Crippen molar-refractivity contribution in [1.82, 2.24) is 4.90 Å². The molecule has 0 atom stereocenters. The van der Waals surface area contributed by atoms with Crippen LogP contribution in [0.4, 0.5) is 5.69 Å². The van der Waals surface area contributed by atoms with Crippen molar-refractivity contribution in [2.75, 3.05) is 31.0 Å². The number of likely N-dealkylation sites (tertiary alicyclic amines) is 1. The Labute approximate surface area is 193 Å². The Balaban J connectivity index is 1.33. The smallest absolute Gasteiger partial charge is 0.261 e. The molecule has 1 N–H and O–H groups in total. The minimum absolute atomic E-state index is 0.0613. The summed E-state index contributed by atoms with van der Waals surface area (Å²) in [6.07, 6.45) is 4.79. The van der Waals surface area contributed by atoms with Crippen LogP contribution in [0, 0.1) is 5.92 Å². The van der Waals surface area contributed by atoms with Gasteiger partial charge in [0.25, 0.3) is 10.0 Å². The van der Waals surface area contributed by atoms with Crippen LogP contribution in [0.15, 0.2) is 59.5 Å². The molecule has 2 aliphatic rings. The first-order valence-electron chi connectivity index (χ1n) is 10.5. The molecule has 2 saturated heterocycles. The summed E-state index contributed by atoms with van der Waals surface area (Å²) in [5.74, 6) is 0.271. The van der Waals surface area contributed by atoms with Crippen LogP contribution in [0.25, 0.3) is 6.08 Å². The highest BCUT2D eigenvalue weighted by atomic mass is 35.5. The number of hydrogen-bond acceptors (Lipinski definition) is 5. The third-order valence-electron chi connectivity index (χ3n) is 5.61. The average Bonchev–Trinajstić information content (AvgIpc) is 3.34. The van der Waals surface area contributed by atoms with Crippen LogP contribution < -0.4 is 4.72 Å². The number of ether oxygens (including phenoxy) is 2. The summed E-state index contributed by atoms with van der Waals surface area (Å²) < 4.78 is 38.8. The molecule has 2 aromatic carbocycles. The Hall–Kier alpha value is -2.39. The molecule has 0 spiro atoms. The summed E-state index contributed by atoms with van der Waals surface area (Å²) in [4.78, 5) is 14.4. The lowest BCUT2D eigenvalue weighted by Gasteiger charge is -2.33. The second-order valence-corrected chi connectivity index (χ2v) is 9.85. The summed E-state index contributed by atoms with van der Waals surface area (Å²) in [6.45, 7) is 2.62. The fourth-order valence-electron chi connectivity index (χ4n) is 3.82. The second-order valence-electron chi connectivity index (χ2n) is 7.76. The topological polar surface area (TPSA) is 84.9 Å². The van der Waals surface area contributed by atoms with E-state index in [0.29, 0.717) is 42.9 Å². The SMILES string of the molecule is O=C(/C=C/c1ccc(S(=O)(=O)Nc2ccccc2Cl)cc1)N1CCC(C2OCCO2)CC1. The Morgan fingerprint density at radius 3 is 2.34 bits per heavy atom. The van der Waals surface area contributed by atoms with E-state index in [-0.39, 0.29) is 17.1 Å². The first-order valence-corrected chi connectivity index (χ1v) is 12.4. The standard InChI is InChI=1S/C23H25ClN2O5S/c24-20-3-1-2-4-21(20)25-32(28,29)19-8-5-17(6-9-19)7-10-22(27)26-13-11-18(12-14-26)23-30-15-16-31-23/h1-10,18,23,25H,11-16H2/b10-7+. The van der Waals surface area contributed by atoms with E-state index in [1.807, 2.05) is 4.90 Å². The van der Waals surface area contributed by atoms with E-state index in [0.717, 1.165) is 18.4 Å². The minimum Gasteiger partial charge on any atom is -0.350 e. The highest BCUT2D eigenvalue weighted by Crippen LogP contribution is 2.26. The number of nitrogens with one attached hydrogen (secondary N) is 1. The molecule has 0 radical (unpaired) electrons. The zero-order chi connectivity index (χ0) is 22.6. The number of nitrogens with zero attached hydrogens (tertiary/aromatic N) is 1. The number of carbonyl (C=O) groups excluding carboxylic acids is 1. The van der Waals surface area contributed by atoms with Gasteiger partial charge < -0.3 is 14.4 Å². The second kappa shape index (κ2) is 10.0. The fourth-order valence-corrected chi connectivity index (χ4v) is 5.14. The molecule has 9 heteroatoms. The molecular weight excluding hydrogens is 452 g/mol. The number of benzene rings is 2. The number of anilines is 1. The molecule has 170 valence electrons. The Kier molecular flexibility index (Phi) is 7.15. The van der Waals surface area contributed by atoms with Gasteiger partial charge in [-0.05, 0) is 48.7 Å². The predicted molar refractivity (Wildman–Crippen MR) is 123 cm³/mol. The van der Waals surface area contributed by atoms with Crippen molar-refractivity contribution < 1.29 is 22.7 Å². The molecule has 0 aromatic heterocycles. The molecule has 2 fully saturated rings. The number of hydrogen-bond donors (Lipinski definition) is 1. The van der Waals surface area contributed by atoms with Gasteiger partial charge in [0.1, 0.15) is 0 Å². The molecule has 2 heterocycles. The van der Waals surface area contributed by atoms with Gasteiger partial charge in [-0.2, -0.15) is 0 Å². The lowest BCUT2D eigenvalue weighted by molar-refractivity contribution is -0.131. The lowest BCUT2D eigenvalue weighted by atomic mass is 9.96. The van der Waals surface area contributed by atoms with Gasteiger partial charge in [-0.3, -0.25) is 9.52 Å². The molecule has 4 rings (SSSR count). The molecular formula is C23H25ClN2O5S. The minimum atomic E-state index is -3.77. The van der Waals surface area contributed by atoms with Crippen molar-refractivity contribution in [1.29, 1.82) is 0 Å². The monoisotopic (exact) mass is 476 g/mol. The highest BCUT2D eigenvalue weighted by molar-refractivity contribution is 7.92. The van der Waals surface area contributed by atoms with E-state index in [9.17, 15) is 13.2 Å². The van der Waals surface area contributed by atoms with Gasteiger partial charge in [0, 0.05) is 25.1 Å². The Morgan fingerprint density at radius 2 is 1.69 bits per heavy atom. The first kappa shape index (κ1) is 22.8. The predicted octanol–water partition coefficient (Wildman–Crippen LogP) is 3.77. The number of piperidine rings is 1. The highest BCUT2D eigenvalue weighted by Gasteiger charge is 2.31. The van der Waals surface area contributed by atoms with Crippen LogP contribution in [0.2, 0.25) is 5.02 Å². The fraction of sp³-hybridized carbons (Fsp3) is 0.348. The van der Waals surface area contributed by atoms with Gasteiger partial charge in [0.05, 0.1) is 28.8 Å². The van der Waals surface area contributed by atoms with Gasteiger partial charge in [-0.15, -0.1) is 0 Å². The van der Waals surface area contributed by atoms with Crippen molar-refractivity contribution in [3.63, 3.8) is 0 Å². The van der Waals surface area contributed by atoms with E-state index in [1.54, 1.807) is 42.5 Å². The number of amides is 1. The van der Waals surface area contributed by atoms with Crippen molar-refractivity contribution in [2.24, 2.45) is 5.92 Å². The van der Waals surface area contributed by atoms with Gasteiger partial charge in [-0.1, -0.05) is 35.9 Å². The molecule has 0 bridgehead atoms. The van der Waals surface area contributed by atoms with E-state index in [4.69, 9.17) is 21.1 Å². The van der Waals surface area contributed by atoms with E-state index < -0.39 is 10.0 Å².